The molecular weight excluding hydrogens is 989 g/mol. The first-order valence-corrected chi connectivity index (χ1v) is 27.9. The van der Waals surface area contributed by atoms with Crippen molar-refractivity contribution in [3.05, 3.63) is 70.8 Å². The third kappa shape index (κ3) is 15.9. The number of carbonyl (C=O) groups is 8. The number of fused-ring (bicyclic) bond motifs is 2. The molecule has 2 saturated heterocycles. The molecule has 2 aromatic rings. The predicted octanol–water partition coefficient (Wildman–Crippen LogP) is 3.39. The molecule has 0 radical (unpaired) electrons. The average Bonchev–Trinajstić information content (AvgIpc) is 4.10. The van der Waals surface area contributed by atoms with Crippen LogP contribution >= 0.6 is 0 Å². The third-order valence-corrected chi connectivity index (χ3v) is 15.5. The Morgan fingerprint density at radius 1 is 0.564 bits per heavy atom. The molecule has 2 aliphatic heterocycles. The molecule has 2 aliphatic carbocycles. The Labute approximate surface area is 461 Å². The van der Waals surface area contributed by atoms with Gasteiger partial charge in [0, 0.05) is 50.9 Å². The Morgan fingerprint density at radius 2 is 0.936 bits per heavy atom. The number of rotatable bonds is 18. The Balaban J connectivity index is 1.03. The minimum atomic E-state index is -0.943. The molecule has 0 spiro atoms. The number of nitrogens with zero attached hydrogens (tertiary/aromatic N) is 2. The van der Waals surface area contributed by atoms with E-state index in [0.29, 0.717) is 0 Å². The van der Waals surface area contributed by atoms with Gasteiger partial charge >= 0.3 is 0 Å². The third-order valence-electron chi connectivity index (χ3n) is 15.5. The zero-order valence-corrected chi connectivity index (χ0v) is 47.5. The highest BCUT2D eigenvalue weighted by atomic mass is 16.2. The second kappa shape index (κ2) is 27.2. The minimum Gasteiger partial charge on any atom is -0.351 e. The van der Waals surface area contributed by atoms with Gasteiger partial charge in [-0.2, -0.15) is 0 Å². The topological polar surface area (TPSA) is 239 Å². The van der Waals surface area contributed by atoms with Crippen molar-refractivity contribution in [3.63, 3.8) is 0 Å². The van der Waals surface area contributed by atoms with Crippen molar-refractivity contribution in [1.82, 2.24) is 52.3 Å². The lowest BCUT2D eigenvalue weighted by molar-refractivity contribution is -0.144. The number of likely N-dealkylation sites (N-methyl/N-ethyl adjacent to an activating group) is 2. The van der Waals surface area contributed by atoms with Gasteiger partial charge in [0.05, 0.1) is 24.2 Å². The van der Waals surface area contributed by atoms with Gasteiger partial charge in [-0.3, -0.25) is 38.4 Å². The van der Waals surface area contributed by atoms with E-state index >= 15 is 0 Å². The van der Waals surface area contributed by atoms with Crippen LogP contribution in [-0.2, 0) is 51.2 Å². The van der Waals surface area contributed by atoms with Crippen molar-refractivity contribution in [3.8, 4) is 23.7 Å². The first-order valence-electron chi connectivity index (χ1n) is 27.9. The summed E-state index contributed by atoms with van der Waals surface area (Å²) in [6, 6.07) is 9.82. The van der Waals surface area contributed by atoms with E-state index in [2.05, 4.69) is 78.3 Å². The van der Waals surface area contributed by atoms with Gasteiger partial charge in [0.2, 0.25) is 47.3 Å². The fraction of sp³-hybridized carbons (Fsp3) is 0.600. The lowest BCUT2D eigenvalue weighted by Crippen LogP contribution is -2.59. The molecule has 6 rings (SSSR count). The highest BCUT2D eigenvalue weighted by Gasteiger charge is 2.48. The molecule has 2 fully saturated rings. The van der Waals surface area contributed by atoms with Gasteiger partial charge < -0.3 is 52.3 Å². The summed E-state index contributed by atoms with van der Waals surface area (Å²) in [4.78, 5) is 113. The smallest absolute Gasteiger partial charge is 0.246 e. The van der Waals surface area contributed by atoms with Crippen LogP contribution in [0.2, 0.25) is 0 Å². The molecule has 2 heterocycles. The van der Waals surface area contributed by atoms with E-state index < -0.39 is 71.0 Å². The van der Waals surface area contributed by atoms with Crippen molar-refractivity contribution < 1.29 is 38.4 Å². The zero-order chi connectivity index (χ0) is 56.9. The summed E-state index contributed by atoms with van der Waals surface area (Å²) in [6.07, 6.45) is 6.05. The summed E-state index contributed by atoms with van der Waals surface area (Å²) in [7, 11) is 3.32. The number of nitrogens with one attached hydrogen (secondary N) is 8. The van der Waals surface area contributed by atoms with Crippen LogP contribution in [0.1, 0.15) is 154 Å². The van der Waals surface area contributed by atoms with Crippen LogP contribution in [0.5, 0.6) is 0 Å². The molecule has 78 heavy (non-hydrogen) atoms. The van der Waals surface area contributed by atoms with Crippen LogP contribution in [0.4, 0.5) is 0 Å². The summed E-state index contributed by atoms with van der Waals surface area (Å²) in [5.74, 6) is 8.60. The molecule has 2 aromatic carbocycles. The standard InChI is InChI=1S/C60H84N10O8/c1-37(61-9)53(73)67-51(59(3,4)5)57(77)69-35-41(33-47(69)55(75)65-45-29-21-25-39-23-17-19-27-43(39)45)63-49(71)31-15-13-11-12-14-16-32-50(72)64-42-34-48(56(76)66-46-30-22-26-40-24-18-20-28-44(40)46)70(36-42)58(78)52(60(6,7)8)68-54(74)38(2)62-10/h17-20,23-24,27-28,37-38,41-42,45-48,51-52,61-62H,15-16,21-22,25-26,29-36H2,1-10H3,(H,63,71)(H,64,72)(H,65,75)(H,66,76)(H,67,73)(H,68,74)/t37-,38-,41-,42-,45+,46+,47-,48-,51+,52?/m0/s1. The van der Waals surface area contributed by atoms with Crippen LogP contribution in [0, 0.1) is 34.5 Å². The number of carbonyl (C=O) groups excluding carboxylic acids is 8. The highest BCUT2D eigenvalue weighted by molar-refractivity contribution is 5.95. The van der Waals surface area contributed by atoms with Crippen molar-refractivity contribution in [2.24, 2.45) is 10.8 Å². The fourth-order valence-corrected chi connectivity index (χ4v) is 10.8. The highest BCUT2D eigenvalue weighted by Crippen LogP contribution is 2.34. The lowest BCUT2D eigenvalue weighted by atomic mass is 9.85. The Morgan fingerprint density at radius 3 is 1.29 bits per heavy atom. The maximum Gasteiger partial charge on any atom is 0.246 e. The molecule has 18 heteroatoms. The van der Waals surface area contributed by atoms with E-state index in [1.165, 1.54) is 20.9 Å². The number of hydrogen-bond acceptors (Lipinski definition) is 10. The van der Waals surface area contributed by atoms with Crippen molar-refractivity contribution in [2.45, 2.75) is 193 Å². The largest absolute Gasteiger partial charge is 0.351 e. The summed E-state index contributed by atoms with van der Waals surface area (Å²) < 4.78 is 0. The van der Waals surface area contributed by atoms with Gasteiger partial charge in [-0.05, 0) is 124 Å². The maximum absolute atomic E-state index is 14.5. The zero-order valence-electron chi connectivity index (χ0n) is 47.5. The predicted molar refractivity (Wildman–Crippen MR) is 298 cm³/mol. The van der Waals surface area contributed by atoms with Gasteiger partial charge in [0.15, 0.2) is 0 Å². The molecule has 0 saturated carbocycles. The molecule has 4 aliphatic rings. The van der Waals surface area contributed by atoms with E-state index in [4.69, 9.17) is 0 Å². The van der Waals surface area contributed by atoms with E-state index in [-0.39, 0.29) is 99.1 Å². The molecule has 422 valence electrons. The first kappa shape index (κ1) is 60.5. The quantitative estimate of drug-likeness (QED) is 0.101. The summed E-state index contributed by atoms with van der Waals surface area (Å²) in [6.45, 7) is 14.7. The van der Waals surface area contributed by atoms with Gasteiger partial charge in [-0.15, -0.1) is 0 Å². The molecule has 10 atom stereocenters. The normalized spacial score (nSPS) is 22.2. The number of benzene rings is 2. The molecule has 1 unspecified atom stereocenters. The van der Waals surface area contributed by atoms with Crippen LogP contribution in [0.25, 0.3) is 0 Å². The summed E-state index contributed by atoms with van der Waals surface area (Å²) in [5.41, 5.74) is 3.09. The first-order chi connectivity index (χ1) is 37.0. The van der Waals surface area contributed by atoms with Crippen LogP contribution in [0.15, 0.2) is 48.5 Å². The molecule has 8 N–H and O–H groups in total. The molecule has 0 aromatic heterocycles. The van der Waals surface area contributed by atoms with Gasteiger partial charge in [0.1, 0.15) is 24.2 Å². The lowest BCUT2D eigenvalue weighted by Gasteiger charge is -2.36. The minimum absolute atomic E-state index is 0.0473. The molecule has 8 amide bonds. The van der Waals surface area contributed by atoms with E-state index in [9.17, 15) is 38.4 Å². The summed E-state index contributed by atoms with van der Waals surface area (Å²) >= 11 is 0. The molecular formula is C60H84N10O8. The SMILES string of the molecule is CN[C@@H](C)C(=O)NC(C(=O)N1C[C@@H](NC(=O)CCC#CC#CCCC(=O)N[C@H]2C[C@@H](C(=O)N[C@@H]3CCCc4ccccc43)N(C(=O)[C@@H](NC(=O)[C@H](C)NC)C(C)(C)C)C2)C[C@H]1C(=O)N[C@@H]1CCCc2ccccc21)C(C)(C)C. The average molecular weight is 1070 g/mol. The maximum atomic E-state index is 14.5. The van der Waals surface area contributed by atoms with Gasteiger partial charge in [0.25, 0.3) is 0 Å². The Bertz CT molecular complexity index is 2480. The van der Waals surface area contributed by atoms with Crippen molar-refractivity contribution in [2.75, 3.05) is 27.2 Å². The van der Waals surface area contributed by atoms with E-state index in [1.807, 2.05) is 77.9 Å². The molecule has 18 nitrogen and oxygen atoms in total. The fourth-order valence-electron chi connectivity index (χ4n) is 10.8. The number of hydrogen-bond donors (Lipinski definition) is 8. The van der Waals surface area contributed by atoms with Crippen LogP contribution in [0.3, 0.4) is 0 Å². The van der Waals surface area contributed by atoms with Crippen LogP contribution in [-0.4, -0.2) is 133 Å². The Hall–Kier alpha value is -6.76. The number of aryl methyl sites for hydroxylation is 2. The van der Waals surface area contributed by atoms with E-state index in [0.717, 1.165) is 49.7 Å². The van der Waals surface area contributed by atoms with Gasteiger partial charge in [-0.25, -0.2) is 0 Å². The van der Waals surface area contributed by atoms with Crippen LogP contribution < -0.4 is 42.5 Å². The van der Waals surface area contributed by atoms with Crippen molar-refractivity contribution >= 4 is 47.3 Å². The van der Waals surface area contributed by atoms with Crippen molar-refractivity contribution in [1.29, 1.82) is 0 Å². The molecule has 0 bridgehead atoms. The second-order valence-electron chi connectivity index (χ2n) is 23.6. The number of likely N-dealkylation sites (tertiary alicyclic amines) is 2. The Kier molecular flexibility index (Phi) is 21.1. The monoisotopic (exact) mass is 1070 g/mol. The summed E-state index contributed by atoms with van der Waals surface area (Å²) in [5, 5.41) is 24.1. The number of amides is 8. The van der Waals surface area contributed by atoms with E-state index in [1.54, 1.807) is 27.9 Å². The second-order valence-corrected chi connectivity index (χ2v) is 23.6. The van der Waals surface area contributed by atoms with Gasteiger partial charge in [-0.1, -0.05) is 102 Å².